The van der Waals surface area contributed by atoms with E-state index in [0.717, 1.165) is 28.0 Å². The summed E-state index contributed by atoms with van der Waals surface area (Å²) in [6.45, 7) is 1.63. The second-order valence-corrected chi connectivity index (χ2v) is 13.0. The third-order valence-electron chi connectivity index (χ3n) is 7.34. The number of amides is 3. The molecule has 0 spiro atoms. The molecule has 0 saturated carbocycles. The van der Waals surface area contributed by atoms with Crippen LogP contribution in [0.1, 0.15) is 33.6 Å². The smallest absolute Gasteiger partial charge is 0.338 e. The number of imide groups is 1. The molecule has 6 rings (SSSR count). The van der Waals surface area contributed by atoms with E-state index in [0.29, 0.717) is 42.5 Å². The molecule has 13 heteroatoms. The van der Waals surface area contributed by atoms with Gasteiger partial charge in [-0.3, -0.25) is 23.7 Å². The summed E-state index contributed by atoms with van der Waals surface area (Å²) in [7, 11) is 0. The van der Waals surface area contributed by atoms with Gasteiger partial charge in [-0.2, -0.15) is 0 Å². The number of halogens is 2. The molecule has 3 atom stereocenters. The Morgan fingerprint density at radius 3 is 2.16 bits per heavy atom. The first-order valence-electron chi connectivity index (χ1n) is 13.5. The molecule has 1 N–H and O–H groups in total. The molecule has 0 aliphatic carbocycles. The fraction of sp³-hybridized carbons (Fsp3) is 0.194. The van der Waals surface area contributed by atoms with Crippen molar-refractivity contribution in [1.82, 2.24) is 4.57 Å². The largest absolute Gasteiger partial charge is 0.462 e. The zero-order valence-corrected chi connectivity index (χ0v) is 26.1. The van der Waals surface area contributed by atoms with Crippen LogP contribution in [0.4, 0.5) is 11.4 Å². The number of thiazole rings is 1. The quantitative estimate of drug-likeness (QED) is 0.195. The normalized spacial score (nSPS) is 19.0. The molecule has 4 aromatic rings. The van der Waals surface area contributed by atoms with Gasteiger partial charge in [0.1, 0.15) is 11.8 Å². The molecule has 0 bridgehead atoms. The van der Waals surface area contributed by atoms with Crippen LogP contribution in [0, 0.1) is 5.92 Å². The number of benzene rings is 3. The Bertz CT molecular complexity index is 1840. The number of aromatic nitrogens is 1. The van der Waals surface area contributed by atoms with Gasteiger partial charge in [-0.15, -0.1) is 0 Å². The molecule has 2 aliphatic heterocycles. The maximum absolute atomic E-state index is 14.0. The molecular weight excluding hydrogens is 645 g/mol. The number of anilines is 2. The topological polar surface area (TPSA) is 115 Å². The van der Waals surface area contributed by atoms with Gasteiger partial charge >= 0.3 is 10.8 Å². The molecule has 3 amide bonds. The van der Waals surface area contributed by atoms with Gasteiger partial charge in [0.2, 0.25) is 17.7 Å². The molecule has 224 valence electrons. The molecule has 0 radical (unpaired) electrons. The molecule has 3 aromatic carbocycles. The molecule has 1 fully saturated rings. The number of fused-ring (bicyclic) bond motifs is 2. The van der Waals surface area contributed by atoms with Crippen molar-refractivity contribution in [2.75, 3.05) is 16.8 Å². The first-order chi connectivity index (χ1) is 21.2. The van der Waals surface area contributed by atoms with Crippen LogP contribution in [0.25, 0.3) is 0 Å². The van der Waals surface area contributed by atoms with Crippen molar-refractivity contribution >= 4 is 81.4 Å². The number of hydrogen-bond acceptors (Lipinski definition) is 8. The number of nitrogens with one attached hydrogen (secondary N) is 1. The maximum atomic E-state index is 14.0. The number of carbonyl (C=O) groups excluding carboxylic acids is 4. The molecule has 44 heavy (non-hydrogen) atoms. The first-order valence-corrected chi connectivity index (χ1v) is 16.0. The number of rotatable bonds is 7. The van der Waals surface area contributed by atoms with Gasteiger partial charge in [0.15, 0.2) is 0 Å². The number of thioether (sulfide) groups is 1. The summed E-state index contributed by atoms with van der Waals surface area (Å²) >= 11 is 14.2. The predicted molar refractivity (Wildman–Crippen MR) is 170 cm³/mol. The second-order valence-electron chi connectivity index (χ2n) is 10.1. The molecule has 1 saturated heterocycles. The Hall–Kier alpha value is -3.90. The summed E-state index contributed by atoms with van der Waals surface area (Å²) in [6.07, 6.45) is 0. The van der Waals surface area contributed by atoms with Crippen molar-refractivity contribution in [3.05, 3.63) is 109 Å². The van der Waals surface area contributed by atoms with Gasteiger partial charge in [0, 0.05) is 26.5 Å². The molecule has 9 nitrogen and oxygen atoms in total. The number of esters is 1. The summed E-state index contributed by atoms with van der Waals surface area (Å²) in [5.74, 6) is -3.26. The third kappa shape index (κ3) is 5.56. The standard InChI is InChI=1S/C31H23Cl2N3O6S2/c1-2-42-30(40)17-5-13-21(14-6-17)36-27(38)24-23(16-3-7-18(32)8-4-16)26-29(43-25(24)28(36)39)35(31(41)44-26)15-22(37)34-20-11-9-19(33)10-12-20/h3-14,23-25H,2,15H2,1H3,(H,34,37)/t23-,24-,25+/m0/s1. The average molecular weight is 669 g/mol. The Labute approximate surface area is 269 Å². The first kappa shape index (κ1) is 30.1. The van der Waals surface area contributed by atoms with E-state index in [1.807, 2.05) is 0 Å². The van der Waals surface area contributed by atoms with Crippen LogP contribution in [0.15, 0.2) is 82.6 Å². The van der Waals surface area contributed by atoms with Crippen LogP contribution in [-0.2, 0) is 25.7 Å². The summed E-state index contributed by atoms with van der Waals surface area (Å²) < 4.78 is 6.39. The minimum atomic E-state index is -0.861. The van der Waals surface area contributed by atoms with Crippen LogP contribution in [0.2, 0.25) is 10.0 Å². The highest BCUT2D eigenvalue weighted by Gasteiger charge is 2.56. The highest BCUT2D eigenvalue weighted by Crippen LogP contribution is 2.54. The van der Waals surface area contributed by atoms with Gasteiger partial charge in [0.05, 0.1) is 28.8 Å². The van der Waals surface area contributed by atoms with E-state index >= 15 is 0 Å². The fourth-order valence-corrected chi connectivity index (χ4v) is 8.40. The lowest BCUT2D eigenvalue weighted by atomic mass is 9.83. The van der Waals surface area contributed by atoms with Gasteiger partial charge in [0.25, 0.3) is 0 Å². The SMILES string of the molecule is CCOC(=O)c1ccc(N2C(=O)[C@H]3[C@H](c4ccc(Cl)cc4)c4sc(=O)n(CC(=O)Nc5ccc(Cl)cc5)c4S[C@H]3C2=O)cc1. The van der Waals surface area contributed by atoms with Crippen LogP contribution in [-0.4, -0.2) is 40.1 Å². The molecule has 0 unspecified atom stereocenters. The minimum Gasteiger partial charge on any atom is -0.462 e. The fourth-order valence-electron chi connectivity index (χ4n) is 5.38. The number of carbonyl (C=O) groups is 4. The minimum absolute atomic E-state index is 0.217. The van der Waals surface area contributed by atoms with Gasteiger partial charge in [-0.05, 0) is 73.2 Å². The molecule has 2 aliphatic rings. The number of hydrogen-bond donors (Lipinski definition) is 1. The summed E-state index contributed by atoms with van der Waals surface area (Å²) in [6, 6.07) is 19.6. The van der Waals surface area contributed by atoms with E-state index < -0.39 is 40.8 Å². The summed E-state index contributed by atoms with van der Waals surface area (Å²) in [4.78, 5) is 67.8. The highest BCUT2D eigenvalue weighted by molar-refractivity contribution is 8.00. The monoisotopic (exact) mass is 667 g/mol. The van der Waals surface area contributed by atoms with E-state index in [-0.39, 0.29) is 18.0 Å². The predicted octanol–water partition coefficient (Wildman–Crippen LogP) is 5.83. The Kier molecular flexibility index (Phi) is 8.38. The van der Waals surface area contributed by atoms with Crippen LogP contribution < -0.4 is 15.1 Å². The zero-order valence-electron chi connectivity index (χ0n) is 23.0. The molecular formula is C31H23Cl2N3O6S2. The summed E-state index contributed by atoms with van der Waals surface area (Å²) in [5, 5.41) is 3.38. The van der Waals surface area contributed by atoms with E-state index in [2.05, 4.69) is 5.32 Å². The van der Waals surface area contributed by atoms with Gasteiger partial charge < -0.3 is 10.1 Å². The van der Waals surface area contributed by atoms with Gasteiger partial charge in [-0.25, -0.2) is 9.69 Å². The van der Waals surface area contributed by atoms with Crippen LogP contribution >= 0.6 is 46.3 Å². The van der Waals surface area contributed by atoms with Crippen LogP contribution in [0.5, 0.6) is 0 Å². The maximum Gasteiger partial charge on any atom is 0.338 e. The van der Waals surface area contributed by atoms with Crippen molar-refractivity contribution in [3.8, 4) is 0 Å². The van der Waals surface area contributed by atoms with E-state index in [4.69, 9.17) is 27.9 Å². The van der Waals surface area contributed by atoms with E-state index in [1.54, 1.807) is 55.5 Å². The van der Waals surface area contributed by atoms with Crippen molar-refractivity contribution < 1.29 is 23.9 Å². The van der Waals surface area contributed by atoms with Crippen molar-refractivity contribution in [2.45, 2.75) is 29.7 Å². The zero-order chi connectivity index (χ0) is 31.1. The molecule has 3 heterocycles. The second kappa shape index (κ2) is 12.2. The molecule has 1 aromatic heterocycles. The van der Waals surface area contributed by atoms with E-state index in [9.17, 15) is 24.0 Å². The van der Waals surface area contributed by atoms with Gasteiger partial charge in [-0.1, -0.05) is 58.4 Å². The van der Waals surface area contributed by atoms with E-state index in [1.165, 1.54) is 28.8 Å². The third-order valence-corrected chi connectivity index (χ3v) is 10.5. The van der Waals surface area contributed by atoms with Crippen molar-refractivity contribution in [1.29, 1.82) is 0 Å². The van der Waals surface area contributed by atoms with Crippen LogP contribution in [0.3, 0.4) is 0 Å². The lowest BCUT2D eigenvalue weighted by molar-refractivity contribution is -0.122. The van der Waals surface area contributed by atoms with Crippen molar-refractivity contribution in [2.24, 2.45) is 5.92 Å². The Morgan fingerprint density at radius 1 is 0.886 bits per heavy atom. The Balaban J connectivity index is 1.36. The number of nitrogens with zero attached hydrogens (tertiary/aromatic N) is 2. The Morgan fingerprint density at radius 2 is 1.52 bits per heavy atom. The number of ether oxygens (including phenoxy) is 1. The lowest BCUT2D eigenvalue weighted by Gasteiger charge is -2.30. The highest BCUT2D eigenvalue weighted by atomic mass is 35.5. The summed E-state index contributed by atoms with van der Waals surface area (Å²) in [5.41, 5.74) is 1.85. The van der Waals surface area contributed by atoms with Crippen molar-refractivity contribution in [3.63, 3.8) is 0 Å². The average Bonchev–Trinajstić information content (AvgIpc) is 3.45. The lowest BCUT2D eigenvalue weighted by Crippen LogP contribution is -2.33.